The van der Waals surface area contributed by atoms with Gasteiger partial charge in [0.1, 0.15) is 12.4 Å². The molecule has 2 N–H and O–H groups in total. The fourth-order valence-corrected chi connectivity index (χ4v) is 2.16. The van der Waals surface area contributed by atoms with Crippen LogP contribution in [0.2, 0.25) is 0 Å². The zero-order chi connectivity index (χ0) is 18.2. The maximum absolute atomic E-state index is 12.2. The monoisotopic (exact) mass is 341 g/mol. The molecule has 0 aliphatic rings. The molecule has 6 heteroatoms. The lowest BCUT2D eigenvalue weighted by molar-refractivity contribution is -0.114. The molecule has 0 aliphatic heterocycles. The Labute approximate surface area is 147 Å². The zero-order valence-electron chi connectivity index (χ0n) is 14.7. The second-order valence-corrected chi connectivity index (χ2v) is 5.72. The van der Waals surface area contributed by atoms with Gasteiger partial charge in [-0.2, -0.15) is 0 Å². The molecule has 0 saturated heterocycles. The number of anilines is 2. The summed E-state index contributed by atoms with van der Waals surface area (Å²) >= 11 is 0. The number of aryl methyl sites for hydroxylation is 1. The summed E-state index contributed by atoms with van der Waals surface area (Å²) in [6, 6.07) is 14.6. The molecular weight excluding hydrogens is 318 g/mol. The Bertz CT molecular complexity index is 732. The molecule has 3 amide bonds. The Kier molecular flexibility index (Phi) is 6.39. The molecule has 0 heterocycles. The minimum Gasteiger partial charge on any atom is -0.492 e. The number of nitrogens with one attached hydrogen (secondary N) is 2. The van der Waals surface area contributed by atoms with Crippen LogP contribution in [-0.4, -0.2) is 37.0 Å². The van der Waals surface area contributed by atoms with Gasteiger partial charge in [-0.25, -0.2) is 4.79 Å². The minimum atomic E-state index is -0.241. The Hall–Kier alpha value is -3.02. The van der Waals surface area contributed by atoms with E-state index in [1.807, 2.05) is 43.3 Å². The minimum absolute atomic E-state index is 0.151. The third kappa shape index (κ3) is 5.84. The zero-order valence-corrected chi connectivity index (χ0v) is 14.7. The van der Waals surface area contributed by atoms with E-state index in [-0.39, 0.29) is 11.9 Å². The number of amides is 3. The molecule has 6 nitrogen and oxygen atoms in total. The van der Waals surface area contributed by atoms with Crippen LogP contribution < -0.4 is 15.4 Å². The highest BCUT2D eigenvalue weighted by molar-refractivity contribution is 5.93. The van der Waals surface area contributed by atoms with Crippen LogP contribution in [0, 0.1) is 6.92 Å². The average Bonchev–Trinajstić information content (AvgIpc) is 2.58. The molecular formula is C19H23N3O3. The molecule has 0 fully saturated rings. The normalized spacial score (nSPS) is 10.0. The summed E-state index contributed by atoms with van der Waals surface area (Å²) in [4.78, 5) is 25.0. The van der Waals surface area contributed by atoms with Crippen molar-refractivity contribution in [3.05, 3.63) is 54.1 Å². The summed E-state index contributed by atoms with van der Waals surface area (Å²) < 4.78 is 5.59. The second-order valence-electron chi connectivity index (χ2n) is 5.72. The van der Waals surface area contributed by atoms with Gasteiger partial charge < -0.3 is 20.3 Å². The lowest BCUT2D eigenvalue weighted by Crippen LogP contribution is -2.34. The molecule has 0 spiro atoms. The number of para-hydroxylation sites is 1. The number of hydrogen-bond acceptors (Lipinski definition) is 3. The number of likely N-dealkylation sites (N-methyl/N-ethyl adjacent to an activating group) is 1. The van der Waals surface area contributed by atoms with Crippen molar-refractivity contribution in [1.82, 2.24) is 4.90 Å². The Morgan fingerprint density at radius 1 is 1.08 bits per heavy atom. The fourth-order valence-electron chi connectivity index (χ4n) is 2.16. The first-order valence-corrected chi connectivity index (χ1v) is 8.04. The van der Waals surface area contributed by atoms with Crippen LogP contribution in [0.25, 0.3) is 0 Å². The van der Waals surface area contributed by atoms with E-state index >= 15 is 0 Å². The van der Waals surface area contributed by atoms with Crippen molar-refractivity contribution < 1.29 is 14.3 Å². The third-order valence-corrected chi connectivity index (χ3v) is 3.58. The van der Waals surface area contributed by atoms with E-state index in [1.165, 1.54) is 6.92 Å². The molecule has 0 unspecified atom stereocenters. The quantitative estimate of drug-likeness (QED) is 0.845. The van der Waals surface area contributed by atoms with E-state index in [9.17, 15) is 9.59 Å². The summed E-state index contributed by atoms with van der Waals surface area (Å²) in [5.74, 6) is 0.622. The first kappa shape index (κ1) is 18.3. The van der Waals surface area contributed by atoms with Crippen LogP contribution >= 0.6 is 0 Å². The van der Waals surface area contributed by atoms with Gasteiger partial charge in [0.25, 0.3) is 0 Å². The van der Waals surface area contributed by atoms with Crippen LogP contribution in [0.1, 0.15) is 12.5 Å². The second kappa shape index (κ2) is 8.73. The highest BCUT2D eigenvalue weighted by Gasteiger charge is 2.10. The van der Waals surface area contributed by atoms with Gasteiger partial charge in [-0.3, -0.25) is 4.79 Å². The van der Waals surface area contributed by atoms with Crippen LogP contribution in [0.15, 0.2) is 48.5 Å². The predicted octanol–water partition coefficient (Wildman–Crippen LogP) is 3.50. The van der Waals surface area contributed by atoms with Crippen molar-refractivity contribution in [2.45, 2.75) is 13.8 Å². The van der Waals surface area contributed by atoms with Gasteiger partial charge in [-0.05, 0) is 36.8 Å². The molecule has 2 rings (SSSR count). The maximum Gasteiger partial charge on any atom is 0.321 e. The van der Waals surface area contributed by atoms with E-state index in [1.54, 1.807) is 24.1 Å². The maximum atomic E-state index is 12.2. The first-order valence-electron chi connectivity index (χ1n) is 8.04. The average molecular weight is 341 g/mol. The van der Waals surface area contributed by atoms with E-state index in [4.69, 9.17) is 4.74 Å². The summed E-state index contributed by atoms with van der Waals surface area (Å²) in [6.45, 7) is 4.19. The number of ether oxygens (including phenoxy) is 1. The number of nitrogens with zero attached hydrogens (tertiary/aromatic N) is 1. The van der Waals surface area contributed by atoms with E-state index in [0.717, 1.165) is 11.3 Å². The number of carbonyl (C=O) groups is 2. The topological polar surface area (TPSA) is 70.7 Å². The fraction of sp³-hybridized carbons (Fsp3) is 0.263. The van der Waals surface area contributed by atoms with Gasteiger partial charge in [0.15, 0.2) is 0 Å². The van der Waals surface area contributed by atoms with Gasteiger partial charge in [0.05, 0.1) is 6.54 Å². The Morgan fingerprint density at radius 3 is 2.48 bits per heavy atom. The molecule has 0 saturated carbocycles. The van der Waals surface area contributed by atoms with Gasteiger partial charge in [0, 0.05) is 25.3 Å². The van der Waals surface area contributed by atoms with Crippen molar-refractivity contribution >= 4 is 23.3 Å². The molecule has 25 heavy (non-hydrogen) atoms. The van der Waals surface area contributed by atoms with Gasteiger partial charge in [-0.1, -0.05) is 24.3 Å². The van der Waals surface area contributed by atoms with E-state index in [2.05, 4.69) is 10.6 Å². The van der Waals surface area contributed by atoms with Crippen LogP contribution in [0.5, 0.6) is 5.75 Å². The van der Waals surface area contributed by atoms with Crippen molar-refractivity contribution in [1.29, 1.82) is 0 Å². The van der Waals surface area contributed by atoms with Crippen LogP contribution in [0.4, 0.5) is 16.2 Å². The lowest BCUT2D eigenvalue weighted by Gasteiger charge is -2.19. The number of benzene rings is 2. The Morgan fingerprint density at radius 2 is 1.80 bits per heavy atom. The summed E-state index contributed by atoms with van der Waals surface area (Å²) in [6.07, 6.45) is 0. The molecule has 2 aromatic rings. The highest BCUT2D eigenvalue weighted by atomic mass is 16.5. The number of rotatable bonds is 6. The third-order valence-electron chi connectivity index (χ3n) is 3.58. The van der Waals surface area contributed by atoms with Crippen LogP contribution in [0.3, 0.4) is 0 Å². The first-order chi connectivity index (χ1) is 12.0. The van der Waals surface area contributed by atoms with Crippen LogP contribution in [-0.2, 0) is 4.79 Å². The van der Waals surface area contributed by atoms with E-state index in [0.29, 0.717) is 24.5 Å². The molecule has 132 valence electrons. The van der Waals surface area contributed by atoms with Crippen molar-refractivity contribution in [2.24, 2.45) is 0 Å². The number of urea groups is 1. The van der Waals surface area contributed by atoms with Gasteiger partial charge in [0.2, 0.25) is 5.91 Å². The SMILES string of the molecule is CC(=O)Nc1cc(NC(=O)N(C)CCOc2ccccc2)ccc1C. The molecule has 0 aromatic heterocycles. The van der Waals surface area contributed by atoms with Crippen molar-refractivity contribution in [3.8, 4) is 5.75 Å². The molecule has 0 atom stereocenters. The van der Waals surface area contributed by atoms with Gasteiger partial charge >= 0.3 is 6.03 Å². The largest absolute Gasteiger partial charge is 0.492 e. The molecule has 0 radical (unpaired) electrons. The predicted molar refractivity (Wildman–Crippen MR) is 99.1 cm³/mol. The van der Waals surface area contributed by atoms with Crippen molar-refractivity contribution in [3.63, 3.8) is 0 Å². The summed E-state index contributed by atoms with van der Waals surface area (Å²) in [7, 11) is 1.70. The standard InChI is InChI=1S/C19H23N3O3/c1-14-9-10-16(13-18(14)20-15(2)23)21-19(24)22(3)11-12-25-17-7-5-4-6-8-17/h4-10,13H,11-12H2,1-3H3,(H,20,23)(H,21,24). The summed E-state index contributed by atoms with van der Waals surface area (Å²) in [5, 5.41) is 5.56. The molecule has 2 aromatic carbocycles. The summed E-state index contributed by atoms with van der Waals surface area (Å²) in [5.41, 5.74) is 2.23. The highest BCUT2D eigenvalue weighted by Crippen LogP contribution is 2.20. The number of carbonyl (C=O) groups excluding carboxylic acids is 2. The number of hydrogen-bond donors (Lipinski definition) is 2. The van der Waals surface area contributed by atoms with E-state index < -0.39 is 0 Å². The lowest BCUT2D eigenvalue weighted by atomic mass is 10.2. The smallest absolute Gasteiger partial charge is 0.321 e. The molecule has 0 bridgehead atoms. The van der Waals surface area contributed by atoms with Crippen molar-refractivity contribution in [2.75, 3.05) is 30.8 Å². The van der Waals surface area contributed by atoms with Gasteiger partial charge in [-0.15, -0.1) is 0 Å². The molecule has 0 aliphatic carbocycles. The Balaban J connectivity index is 1.87.